The lowest BCUT2D eigenvalue weighted by molar-refractivity contribution is -0.141. The highest BCUT2D eigenvalue weighted by Gasteiger charge is 2.59. The summed E-state index contributed by atoms with van der Waals surface area (Å²) in [5.74, 6) is -3.75. The predicted molar refractivity (Wildman–Crippen MR) is 80.9 cm³/mol. The third kappa shape index (κ3) is 2.90. The standard InChI is InChI=1S/C16H16F2N2O4/c17-16(18)13(22)11(7-6-10-4-2-1-3-5-10)24-14(16)20-12(21)8-9-19-15(20)23/h1-5,8-9,11,13-14,22H,6-7H2,(H,19,23)/t11-,13-,14-/m1/s1. The van der Waals surface area contributed by atoms with Crippen molar-refractivity contribution in [1.82, 2.24) is 9.55 Å². The number of H-pyrrole nitrogens is 1. The maximum atomic E-state index is 14.3. The number of benzene rings is 1. The van der Waals surface area contributed by atoms with Crippen LogP contribution in [0.1, 0.15) is 18.2 Å². The Morgan fingerprint density at radius 1 is 1.21 bits per heavy atom. The quantitative estimate of drug-likeness (QED) is 0.873. The normalized spacial score (nSPS) is 25.7. The third-order valence-corrected chi connectivity index (χ3v) is 4.06. The molecular formula is C16H16F2N2O4. The van der Waals surface area contributed by atoms with Crippen molar-refractivity contribution in [2.45, 2.75) is 37.2 Å². The van der Waals surface area contributed by atoms with Crippen LogP contribution in [-0.2, 0) is 11.2 Å². The molecule has 0 radical (unpaired) electrons. The van der Waals surface area contributed by atoms with Crippen LogP contribution in [0.5, 0.6) is 0 Å². The monoisotopic (exact) mass is 338 g/mol. The molecule has 0 unspecified atom stereocenters. The third-order valence-electron chi connectivity index (χ3n) is 4.06. The van der Waals surface area contributed by atoms with E-state index in [1.807, 2.05) is 30.3 Å². The number of hydrogen-bond donors (Lipinski definition) is 2. The summed E-state index contributed by atoms with van der Waals surface area (Å²) in [5.41, 5.74) is -1.02. The maximum Gasteiger partial charge on any atom is 0.330 e. The van der Waals surface area contributed by atoms with E-state index in [0.717, 1.165) is 17.8 Å². The van der Waals surface area contributed by atoms with Crippen molar-refractivity contribution in [3.8, 4) is 0 Å². The second kappa shape index (κ2) is 6.29. The minimum absolute atomic E-state index is 0.136. The number of rotatable bonds is 4. The van der Waals surface area contributed by atoms with Gasteiger partial charge in [0.05, 0.1) is 6.10 Å². The molecule has 6 nitrogen and oxygen atoms in total. The smallest absolute Gasteiger partial charge is 0.330 e. The Morgan fingerprint density at radius 3 is 2.58 bits per heavy atom. The highest BCUT2D eigenvalue weighted by Crippen LogP contribution is 2.42. The molecule has 0 spiro atoms. The maximum absolute atomic E-state index is 14.3. The lowest BCUT2D eigenvalue weighted by Gasteiger charge is -2.20. The molecule has 0 aliphatic carbocycles. The molecule has 2 heterocycles. The number of hydrogen-bond acceptors (Lipinski definition) is 4. The second-order valence-electron chi connectivity index (χ2n) is 5.66. The summed E-state index contributed by atoms with van der Waals surface area (Å²) < 4.78 is 34.2. The van der Waals surface area contributed by atoms with E-state index in [9.17, 15) is 23.5 Å². The van der Waals surface area contributed by atoms with Gasteiger partial charge in [-0.3, -0.25) is 4.79 Å². The summed E-state index contributed by atoms with van der Waals surface area (Å²) >= 11 is 0. The number of nitrogens with one attached hydrogen (secondary N) is 1. The zero-order valence-corrected chi connectivity index (χ0v) is 12.6. The Kier molecular flexibility index (Phi) is 4.33. The van der Waals surface area contributed by atoms with Gasteiger partial charge in [0, 0.05) is 12.3 Å². The van der Waals surface area contributed by atoms with Gasteiger partial charge in [0.2, 0.25) is 6.23 Å². The van der Waals surface area contributed by atoms with Gasteiger partial charge in [-0.15, -0.1) is 0 Å². The van der Waals surface area contributed by atoms with E-state index >= 15 is 0 Å². The number of halogens is 2. The first-order chi connectivity index (χ1) is 11.4. The Hall–Kier alpha value is -2.32. The van der Waals surface area contributed by atoms with Gasteiger partial charge in [0.25, 0.3) is 5.56 Å². The van der Waals surface area contributed by atoms with E-state index < -0.39 is 35.6 Å². The molecule has 1 fully saturated rings. The van der Waals surface area contributed by atoms with E-state index in [1.165, 1.54) is 0 Å². The lowest BCUT2D eigenvalue weighted by atomic mass is 10.0. The predicted octanol–water partition coefficient (Wildman–Crippen LogP) is 1.06. The molecule has 3 rings (SSSR count). The van der Waals surface area contributed by atoms with Gasteiger partial charge < -0.3 is 14.8 Å². The van der Waals surface area contributed by atoms with Crippen LogP contribution in [0.3, 0.4) is 0 Å². The molecule has 3 atom stereocenters. The van der Waals surface area contributed by atoms with Crippen LogP contribution < -0.4 is 11.2 Å². The van der Waals surface area contributed by atoms with Crippen molar-refractivity contribution >= 4 is 0 Å². The average Bonchev–Trinajstić information content (AvgIpc) is 2.77. The Balaban J connectivity index is 1.83. The highest BCUT2D eigenvalue weighted by atomic mass is 19.3. The summed E-state index contributed by atoms with van der Waals surface area (Å²) in [5, 5.41) is 9.91. The molecule has 1 saturated heterocycles. The van der Waals surface area contributed by atoms with Crippen molar-refractivity contribution < 1.29 is 18.6 Å². The van der Waals surface area contributed by atoms with Crippen molar-refractivity contribution in [2.24, 2.45) is 0 Å². The Labute approximate surface area is 135 Å². The van der Waals surface area contributed by atoms with Crippen LogP contribution in [0.15, 0.2) is 52.2 Å². The Morgan fingerprint density at radius 2 is 1.92 bits per heavy atom. The molecule has 1 aromatic carbocycles. The fraction of sp³-hybridized carbons (Fsp3) is 0.375. The average molecular weight is 338 g/mol. The highest BCUT2D eigenvalue weighted by molar-refractivity contribution is 5.15. The fourth-order valence-corrected chi connectivity index (χ4v) is 2.79. The van der Waals surface area contributed by atoms with Crippen LogP contribution in [0, 0.1) is 0 Å². The van der Waals surface area contributed by atoms with Crippen LogP contribution in [0.25, 0.3) is 0 Å². The molecule has 128 valence electrons. The number of aromatic nitrogens is 2. The molecule has 0 amide bonds. The largest absolute Gasteiger partial charge is 0.384 e. The lowest BCUT2D eigenvalue weighted by Crippen LogP contribution is -2.45. The van der Waals surface area contributed by atoms with Crippen LogP contribution in [0.2, 0.25) is 0 Å². The number of nitrogens with zero attached hydrogens (tertiary/aromatic N) is 1. The zero-order valence-electron chi connectivity index (χ0n) is 12.6. The first kappa shape index (κ1) is 16.5. The zero-order chi connectivity index (χ0) is 17.3. The van der Waals surface area contributed by atoms with E-state index in [0.29, 0.717) is 11.0 Å². The topological polar surface area (TPSA) is 84.3 Å². The number of aliphatic hydroxyl groups excluding tert-OH is 1. The van der Waals surface area contributed by atoms with Crippen molar-refractivity contribution in [3.05, 3.63) is 69.0 Å². The van der Waals surface area contributed by atoms with E-state index in [4.69, 9.17) is 4.74 Å². The molecule has 24 heavy (non-hydrogen) atoms. The number of alkyl halides is 2. The Bertz CT molecular complexity index is 790. The van der Waals surface area contributed by atoms with Gasteiger partial charge in [-0.1, -0.05) is 30.3 Å². The number of aliphatic hydroxyl groups is 1. The van der Waals surface area contributed by atoms with Crippen molar-refractivity contribution in [3.63, 3.8) is 0 Å². The van der Waals surface area contributed by atoms with Gasteiger partial charge in [-0.25, -0.2) is 9.36 Å². The first-order valence-corrected chi connectivity index (χ1v) is 7.47. The number of aromatic amines is 1. The van der Waals surface area contributed by atoms with Gasteiger partial charge in [-0.05, 0) is 18.4 Å². The number of ether oxygens (including phenoxy) is 1. The van der Waals surface area contributed by atoms with E-state index in [-0.39, 0.29) is 6.42 Å². The van der Waals surface area contributed by atoms with E-state index in [1.54, 1.807) is 0 Å². The SMILES string of the molecule is O=c1cc[nH]c(=O)n1[C@@H]1O[C@H](CCc2ccccc2)[C@@H](O)C1(F)F. The molecule has 0 bridgehead atoms. The first-order valence-electron chi connectivity index (χ1n) is 7.47. The summed E-state index contributed by atoms with van der Waals surface area (Å²) in [6, 6.07) is 10.1. The van der Waals surface area contributed by atoms with Crippen LogP contribution >= 0.6 is 0 Å². The summed E-state index contributed by atoms with van der Waals surface area (Å²) in [7, 11) is 0. The summed E-state index contributed by atoms with van der Waals surface area (Å²) in [6.45, 7) is 0. The molecule has 0 saturated carbocycles. The van der Waals surface area contributed by atoms with Gasteiger partial charge in [-0.2, -0.15) is 8.78 Å². The molecule has 1 aliphatic rings. The molecule has 2 aromatic rings. The summed E-state index contributed by atoms with van der Waals surface area (Å²) in [6.07, 6.45) is -3.79. The summed E-state index contributed by atoms with van der Waals surface area (Å²) in [4.78, 5) is 25.6. The minimum atomic E-state index is -3.75. The second-order valence-corrected chi connectivity index (χ2v) is 5.66. The number of aryl methyl sites for hydroxylation is 1. The van der Waals surface area contributed by atoms with Gasteiger partial charge in [0.1, 0.15) is 6.10 Å². The molecule has 1 aliphatic heterocycles. The van der Waals surface area contributed by atoms with Crippen molar-refractivity contribution in [1.29, 1.82) is 0 Å². The molecule has 2 N–H and O–H groups in total. The molecule has 8 heteroatoms. The van der Waals surface area contributed by atoms with E-state index in [2.05, 4.69) is 4.98 Å². The van der Waals surface area contributed by atoms with Crippen LogP contribution in [-0.4, -0.2) is 32.8 Å². The molecule has 1 aromatic heterocycles. The molecular weight excluding hydrogens is 322 g/mol. The fourth-order valence-electron chi connectivity index (χ4n) is 2.79. The van der Waals surface area contributed by atoms with Gasteiger partial charge in [0.15, 0.2) is 0 Å². The minimum Gasteiger partial charge on any atom is -0.384 e. The van der Waals surface area contributed by atoms with Crippen LogP contribution in [0.4, 0.5) is 8.78 Å². The van der Waals surface area contributed by atoms with Gasteiger partial charge >= 0.3 is 11.6 Å². The van der Waals surface area contributed by atoms with Crippen molar-refractivity contribution in [2.75, 3.05) is 0 Å².